The highest BCUT2D eigenvalue weighted by molar-refractivity contribution is 4.86. The highest BCUT2D eigenvalue weighted by atomic mass is 15.3. The van der Waals surface area contributed by atoms with Crippen LogP contribution in [0, 0.1) is 5.92 Å². The second kappa shape index (κ2) is 6.63. The summed E-state index contributed by atoms with van der Waals surface area (Å²) in [7, 11) is 0. The third-order valence-electron chi connectivity index (χ3n) is 2.44. The van der Waals surface area contributed by atoms with E-state index in [1.807, 2.05) is 4.68 Å². The Kier molecular flexibility index (Phi) is 5.46. The molecule has 0 saturated heterocycles. The van der Waals surface area contributed by atoms with Gasteiger partial charge in [-0.05, 0) is 39.3 Å². The lowest BCUT2D eigenvalue weighted by Gasteiger charge is -2.10. The lowest BCUT2D eigenvalue weighted by atomic mass is 10.2. The Morgan fingerprint density at radius 1 is 1.31 bits per heavy atom. The normalized spacial score (nSPS) is 11.6. The topological polar surface area (TPSA) is 42.7 Å². The minimum Gasteiger partial charge on any atom is -0.316 e. The van der Waals surface area contributed by atoms with Gasteiger partial charge in [-0.3, -0.25) is 0 Å². The van der Waals surface area contributed by atoms with Crippen molar-refractivity contribution in [2.45, 2.75) is 46.6 Å². The highest BCUT2D eigenvalue weighted by Gasteiger charge is 2.06. The van der Waals surface area contributed by atoms with Gasteiger partial charge < -0.3 is 5.32 Å². The zero-order valence-corrected chi connectivity index (χ0v) is 10.9. The van der Waals surface area contributed by atoms with Crippen LogP contribution in [0.2, 0.25) is 0 Å². The smallest absolute Gasteiger partial charge is 0.138 e. The third kappa shape index (κ3) is 4.31. The standard InChI is InChI=1S/C12H24N4/c1-10(2)8-13-7-5-6-12-14-9-15-16(12)11(3)4/h9-11,13H,5-8H2,1-4H3. The summed E-state index contributed by atoms with van der Waals surface area (Å²) < 4.78 is 2.00. The summed E-state index contributed by atoms with van der Waals surface area (Å²) in [5.41, 5.74) is 0. The molecule has 0 aromatic carbocycles. The molecule has 1 N–H and O–H groups in total. The SMILES string of the molecule is CC(C)CNCCCc1ncnn1C(C)C. The number of nitrogens with zero attached hydrogens (tertiary/aromatic N) is 3. The van der Waals surface area contributed by atoms with Crippen molar-refractivity contribution in [3.63, 3.8) is 0 Å². The number of nitrogens with one attached hydrogen (secondary N) is 1. The number of aromatic nitrogens is 3. The van der Waals surface area contributed by atoms with E-state index in [1.165, 1.54) is 0 Å². The zero-order valence-electron chi connectivity index (χ0n) is 10.9. The van der Waals surface area contributed by atoms with Gasteiger partial charge in [-0.25, -0.2) is 9.67 Å². The minimum absolute atomic E-state index is 0.404. The largest absolute Gasteiger partial charge is 0.316 e. The molecule has 0 saturated carbocycles. The Bertz CT molecular complexity index is 291. The lowest BCUT2D eigenvalue weighted by Crippen LogP contribution is -2.21. The second-order valence-corrected chi connectivity index (χ2v) is 4.92. The average Bonchev–Trinajstić information content (AvgIpc) is 2.65. The molecule has 1 rings (SSSR count). The van der Waals surface area contributed by atoms with Gasteiger partial charge in [-0.2, -0.15) is 5.10 Å². The lowest BCUT2D eigenvalue weighted by molar-refractivity contribution is 0.492. The van der Waals surface area contributed by atoms with E-state index in [2.05, 4.69) is 43.1 Å². The van der Waals surface area contributed by atoms with E-state index in [-0.39, 0.29) is 0 Å². The van der Waals surface area contributed by atoms with E-state index < -0.39 is 0 Å². The van der Waals surface area contributed by atoms with Crippen molar-refractivity contribution in [3.8, 4) is 0 Å². The van der Waals surface area contributed by atoms with Crippen LogP contribution >= 0.6 is 0 Å². The molecule has 0 aliphatic carbocycles. The van der Waals surface area contributed by atoms with Crippen molar-refractivity contribution < 1.29 is 0 Å². The van der Waals surface area contributed by atoms with Crippen molar-refractivity contribution in [1.82, 2.24) is 20.1 Å². The first-order chi connectivity index (χ1) is 7.61. The van der Waals surface area contributed by atoms with E-state index in [9.17, 15) is 0 Å². The van der Waals surface area contributed by atoms with Gasteiger partial charge in [0.1, 0.15) is 12.2 Å². The van der Waals surface area contributed by atoms with Gasteiger partial charge in [-0.1, -0.05) is 13.8 Å². The summed E-state index contributed by atoms with van der Waals surface area (Å²) in [6.07, 6.45) is 3.78. The van der Waals surface area contributed by atoms with Crippen LogP contribution in [0.15, 0.2) is 6.33 Å². The molecular formula is C12H24N4. The van der Waals surface area contributed by atoms with Gasteiger partial charge in [0.2, 0.25) is 0 Å². The number of hydrogen-bond donors (Lipinski definition) is 1. The molecule has 16 heavy (non-hydrogen) atoms. The fourth-order valence-corrected chi connectivity index (χ4v) is 1.65. The molecule has 4 heteroatoms. The first-order valence-electron chi connectivity index (χ1n) is 6.20. The summed E-state index contributed by atoms with van der Waals surface area (Å²) >= 11 is 0. The van der Waals surface area contributed by atoms with Gasteiger partial charge >= 0.3 is 0 Å². The Hall–Kier alpha value is -0.900. The molecule has 0 spiro atoms. The molecule has 0 aliphatic rings. The highest BCUT2D eigenvalue weighted by Crippen LogP contribution is 2.06. The Morgan fingerprint density at radius 2 is 2.06 bits per heavy atom. The van der Waals surface area contributed by atoms with Crippen molar-refractivity contribution in [2.24, 2.45) is 5.92 Å². The molecule has 1 aromatic rings. The molecular weight excluding hydrogens is 200 g/mol. The zero-order chi connectivity index (χ0) is 12.0. The minimum atomic E-state index is 0.404. The molecule has 92 valence electrons. The molecule has 0 bridgehead atoms. The van der Waals surface area contributed by atoms with Crippen LogP contribution in [0.3, 0.4) is 0 Å². The average molecular weight is 224 g/mol. The van der Waals surface area contributed by atoms with Crippen molar-refractivity contribution >= 4 is 0 Å². The van der Waals surface area contributed by atoms with Crippen LogP contribution in [0.5, 0.6) is 0 Å². The van der Waals surface area contributed by atoms with Crippen molar-refractivity contribution in [1.29, 1.82) is 0 Å². The van der Waals surface area contributed by atoms with Gasteiger partial charge in [0, 0.05) is 12.5 Å². The summed E-state index contributed by atoms with van der Waals surface area (Å²) in [6, 6.07) is 0.404. The Balaban J connectivity index is 2.24. The fraction of sp³-hybridized carbons (Fsp3) is 0.833. The molecule has 4 nitrogen and oxygen atoms in total. The summed E-state index contributed by atoms with van der Waals surface area (Å²) in [5.74, 6) is 1.82. The number of rotatable bonds is 7. The first kappa shape index (κ1) is 13.2. The summed E-state index contributed by atoms with van der Waals surface area (Å²) in [5, 5.41) is 7.67. The van der Waals surface area contributed by atoms with Crippen LogP contribution in [0.1, 0.15) is 46.0 Å². The van der Waals surface area contributed by atoms with Crippen LogP contribution < -0.4 is 5.32 Å². The third-order valence-corrected chi connectivity index (χ3v) is 2.44. The first-order valence-corrected chi connectivity index (χ1v) is 6.20. The summed E-state index contributed by atoms with van der Waals surface area (Å²) in [6.45, 7) is 10.9. The maximum Gasteiger partial charge on any atom is 0.138 e. The molecule has 0 atom stereocenters. The van der Waals surface area contributed by atoms with Crippen LogP contribution in [0.25, 0.3) is 0 Å². The van der Waals surface area contributed by atoms with Crippen LogP contribution in [0.4, 0.5) is 0 Å². The Morgan fingerprint density at radius 3 is 2.69 bits per heavy atom. The predicted octanol–water partition coefficient (Wildman–Crippen LogP) is 2.04. The molecule has 0 amide bonds. The maximum atomic E-state index is 4.29. The molecule has 0 aliphatic heterocycles. The van der Waals surface area contributed by atoms with Gasteiger partial charge in [0.25, 0.3) is 0 Å². The molecule has 0 fully saturated rings. The van der Waals surface area contributed by atoms with Crippen LogP contribution in [-0.2, 0) is 6.42 Å². The van der Waals surface area contributed by atoms with Gasteiger partial charge in [0.05, 0.1) is 0 Å². The predicted molar refractivity (Wildman–Crippen MR) is 66.4 cm³/mol. The number of hydrogen-bond acceptors (Lipinski definition) is 3. The van der Waals surface area contributed by atoms with E-state index >= 15 is 0 Å². The van der Waals surface area contributed by atoms with E-state index in [4.69, 9.17) is 0 Å². The monoisotopic (exact) mass is 224 g/mol. The molecule has 0 radical (unpaired) electrons. The van der Waals surface area contributed by atoms with E-state index in [1.54, 1.807) is 6.33 Å². The van der Waals surface area contributed by atoms with E-state index in [0.29, 0.717) is 6.04 Å². The van der Waals surface area contributed by atoms with Crippen molar-refractivity contribution in [2.75, 3.05) is 13.1 Å². The second-order valence-electron chi connectivity index (χ2n) is 4.92. The number of aryl methyl sites for hydroxylation is 1. The van der Waals surface area contributed by atoms with Crippen molar-refractivity contribution in [3.05, 3.63) is 12.2 Å². The van der Waals surface area contributed by atoms with Crippen LogP contribution in [-0.4, -0.2) is 27.9 Å². The maximum absolute atomic E-state index is 4.29. The van der Waals surface area contributed by atoms with Gasteiger partial charge in [0.15, 0.2) is 0 Å². The molecule has 1 aromatic heterocycles. The van der Waals surface area contributed by atoms with E-state index in [0.717, 1.165) is 37.7 Å². The Labute approximate surface area is 98.5 Å². The fourth-order valence-electron chi connectivity index (χ4n) is 1.65. The quantitative estimate of drug-likeness (QED) is 0.721. The van der Waals surface area contributed by atoms with Gasteiger partial charge in [-0.15, -0.1) is 0 Å². The molecule has 1 heterocycles. The summed E-state index contributed by atoms with van der Waals surface area (Å²) in [4.78, 5) is 4.29. The molecule has 0 unspecified atom stereocenters.